The van der Waals surface area contributed by atoms with Gasteiger partial charge in [0.1, 0.15) is 11.6 Å². The Bertz CT molecular complexity index is 1190. The van der Waals surface area contributed by atoms with Crippen LogP contribution in [0.4, 0.5) is 24.7 Å². The number of nitrogens with zero attached hydrogens (tertiary/aromatic N) is 2. The number of amides is 1. The Hall–Kier alpha value is -3.89. The van der Waals surface area contributed by atoms with Gasteiger partial charge >= 0.3 is 6.18 Å². The van der Waals surface area contributed by atoms with Crippen LogP contribution in [-0.2, 0) is 0 Å². The summed E-state index contributed by atoms with van der Waals surface area (Å²) in [7, 11) is 1.52. The molecule has 1 aromatic heterocycles. The van der Waals surface area contributed by atoms with Gasteiger partial charge in [0, 0.05) is 18.2 Å². The van der Waals surface area contributed by atoms with Crippen LogP contribution >= 0.6 is 0 Å². The van der Waals surface area contributed by atoms with Crippen LogP contribution < -0.4 is 24.8 Å². The van der Waals surface area contributed by atoms with Crippen molar-refractivity contribution in [3.63, 3.8) is 0 Å². The Balaban J connectivity index is 1.42. The van der Waals surface area contributed by atoms with Gasteiger partial charge in [-0.05, 0) is 42.0 Å². The van der Waals surface area contributed by atoms with Crippen LogP contribution in [0.5, 0.6) is 17.2 Å². The smallest absolute Gasteiger partial charge is 0.410 e. The number of ether oxygens (including phenoxy) is 3. The van der Waals surface area contributed by atoms with Crippen LogP contribution in [0.25, 0.3) is 0 Å². The normalized spacial score (nSPS) is 18.9. The van der Waals surface area contributed by atoms with Gasteiger partial charge in [-0.1, -0.05) is 6.07 Å². The molecule has 3 heterocycles. The summed E-state index contributed by atoms with van der Waals surface area (Å²) in [4.78, 5) is 12.7. The van der Waals surface area contributed by atoms with Crippen molar-refractivity contribution in [3.05, 3.63) is 59.8 Å². The van der Waals surface area contributed by atoms with Crippen LogP contribution in [0, 0.1) is 0 Å². The van der Waals surface area contributed by atoms with Crippen molar-refractivity contribution >= 4 is 17.4 Å². The first-order valence-electron chi connectivity index (χ1n) is 10.1. The van der Waals surface area contributed by atoms with Crippen LogP contribution in [0.2, 0.25) is 0 Å². The molecule has 8 nitrogen and oxygen atoms in total. The number of aromatic nitrogens is 2. The van der Waals surface area contributed by atoms with E-state index in [-0.39, 0.29) is 24.7 Å². The fourth-order valence-corrected chi connectivity index (χ4v) is 3.90. The number of carbonyl (C=O) groups is 1. The molecule has 0 unspecified atom stereocenters. The first-order valence-corrected chi connectivity index (χ1v) is 10.1. The molecule has 0 spiro atoms. The molecule has 2 aromatic carbocycles. The lowest BCUT2D eigenvalue weighted by Crippen LogP contribution is -2.35. The quantitative estimate of drug-likeness (QED) is 0.595. The number of benzene rings is 2. The third-order valence-electron chi connectivity index (χ3n) is 5.57. The van der Waals surface area contributed by atoms with E-state index in [0.717, 1.165) is 4.68 Å². The standard InChI is InChI=1S/C22H19F3N4O4/c1-31-14-5-3-13(4-6-14)26-21(30)16-10-20-27-15(9-19(22(23,24)25)29(20)28-16)12-2-7-17-18(8-12)33-11-32-17/h2-8,10,15,19,27H,9,11H2,1H3,(H,26,30)/t15-,19-/m1/s1. The summed E-state index contributed by atoms with van der Waals surface area (Å²) in [5.74, 6) is 1.12. The highest BCUT2D eigenvalue weighted by Gasteiger charge is 2.47. The number of alkyl halides is 3. The third kappa shape index (κ3) is 4.01. The van der Waals surface area contributed by atoms with Gasteiger partial charge in [-0.2, -0.15) is 18.3 Å². The molecule has 33 heavy (non-hydrogen) atoms. The largest absolute Gasteiger partial charge is 0.497 e. The second-order valence-electron chi connectivity index (χ2n) is 7.64. The average molecular weight is 460 g/mol. The molecule has 0 aliphatic carbocycles. The van der Waals surface area contributed by atoms with E-state index < -0.39 is 24.2 Å². The first kappa shape index (κ1) is 21.0. The zero-order chi connectivity index (χ0) is 23.2. The van der Waals surface area contributed by atoms with Crippen LogP contribution in [0.3, 0.4) is 0 Å². The second-order valence-corrected chi connectivity index (χ2v) is 7.64. The number of nitrogens with one attached hydrogen (secondary N) is 2. The minimum absolute atomic E-state index is 0.0709. The van der Waals surface area contributed by atoms with E-state index in [4.69, 9.17) is 14.2 Å². The lowest BCUT2D eigenvalue weighted by molar-refractivity contribution is -0.173. The molecule has 5 rings (SSSR count). The summed E-state index contributed by atoms with van der Waals surface area (Å²) in [6.07, 6.45) is -4.85. The second kappa shape index (κ2) is 7.91. The molecule has 0 saturated carbocycles. The number of anilines is 2. The molecule has 2 aliphatic heterocycles. The summed E-state index contributed by atoms with van der Waals surface area (Å²) in [6, 6.07) is 10.4. The van der Waals surface area contributed by atoms with Crippen LogP contribution in [0.15, 0.2) is 48.5 Å². The van der Waals surface area contributed by atoms with E-state index in [9.17, 15) is 18.0 Å². The molecule has 2 aliphatic rings. The Morgan fingerprint density at radius 3 is 2.64 bits per heavy atom. The van der Waals surface area contributed by atoms with Gasteiger partial charge in [-0.3, -0.25) is 4.79 Å². The zero-order valence-electron chi connectivity index (χ0n) is 17.3. The van der Waals surface area contributed by atoms with Gasteiger partial charge < -0.3 is 24.8 Å². The fourth-order valence-electron chi connectivity index (χ4n) is 3.90. The highest BCUT2D eigenvalue weighted by molar-refractivity contribution is 6.03. The Morgan fingerprint density at radius 2 is 1.91 bits per heavy atom. The average Bonchev–Trinajstić information content (AvgIpc) is 3.44. The van der Waals surface area contributed by atoms with Crippen molar-refractivity contribution in [2.45, 2.75) is 24.7 Å². The van der Waals surface area contributed by atoms with E-state index in [0.29, 0.717) is 28.5 Å². The SMILES string of the molecule is COc1ccc(NC(=O)c2cc3n(n2)[C@@H](C(F)(F)F)C[C@H](c2ccc4c(c2)OCO4)N3)cc1. The summed E-state index contributed by atoms with van der Waals surface area (Å²) in [5.41, 5.74) is 0.949. The van der Waals surface area contributed by atoms with Gasteiger partial charge in [-0.25, -0.2) is 4.68 Å². The van der Waals surface area contributed by atoms with Crippen LogP contribution in [-0.4, -0.2) is 35.8 Å². The number of fused-ring (bicyclic) bond motifs is 2. The molecule has 0 saturated heterocycles. The Kier molecular flexibility index (Phi) is 5.03. The summed E-state index contributed by atoms with van der Waals surface area (Å²) in [5, 5.41) is 9.67. The number of methoxy groups -OCH3 is 1. The van der Waals surface area contributed by atoms with Crippen molar-refractivity contribution in [2.75, 3.05) is 24.5 Å². The molecular weight excluding hydrogens is 441 g/mol. The molecule has 2 N–H and O–H groups in total. The van der Waals surface area contributed by atoms with Gasteiger partial charge in [-0.15, -0.1) is 0 Å². The number of rotatable bonds is 4. The summed E-state index contributed by atoms with van der Waals surface area (Å²) < 4.78 is 58.3. The fraction of sp³-hybridized carbons (Fsp3) is 0.273. The molecule has 2 atom stereocenters. The molecule has 3 aromatic rings. The van der Waals surface area contributed by atoms with E-state index in [2.05, 4.69) is 15.7 Å². The van der Waals surface area contributed by atoms with Crippen molar-refractivity contribution in [3.8, 4) is 17.2 Å². The molecule has 0 fully saturated rings. The molecule has 0 radical (unpaired) electrons. The van der Waals surface area contributed by atoms with E-state index in [1.807, 2.05) is 0 Å². The molecular formula is C22H19F3N4O4. The third-order valence-corrected chi connectivity index (χ3v) is 5.57. The Labute approximate surface area is 186 Å². The highest BCUT2D eigenvalue weighted by atomic mass is 19.4. The zero-order valence-corrected chi connectivity index (χ0v) is 17.3. The number of halogens is 3. The monoisotopic (exact) mass is 460 g/mol. The number of hydrogen-bond donors (Lipinski definition) is 2. The van der Waals surface area contributed by atoms with Crippen molar-refractivity contribution in [2.24, 2.45) is 0 Å². The van der Waals surface area contributed by atoms with Gasteiger partial charge in [0.05, 0.1) is 13.2 Å². The highest BCUT2D eigenvalue weighted by Crippen LogP contribution is 2.45. The van der Waals surface area contributed by atoms with E-state index in [1.165, 1.54) is 13.2 Å². The minimum Gasteiger partial charge on any atom is -0.497 e. The lowest BCUT2D eigenvalue weighted by atomic mass is 9.96. The summed E-state index contributed by atoms with van der Waals surface area (Å²) in [6.45, 7) is 0.0709. The molecule has 1 amide bonds. The predicted octanol–water partition coefficient (Wildman–Crippen LogP) is 4.53. The lowest BCUT2D eigenvalue weighted by Gasteiger charge is -2.33. The van der Waals surface area contributed by atoms with Crippen molar-refractivity contribution < 1.29 is 32.2 Å². The number of carbonyl (C=O) groups excluding carboxylic acids is 1. The minimum atomic E-state index is -4.55. The molecule has 11 heteroatoms. The maximum Gasteiger partial charge on any atom is 0.410 e. The predicted molar refractivity (Wildman–Crippen MR) is 112 cm³/mol. The molecule has 172 valence electrons. The van der Waals surface area contributed by atoms with Crippen LogP contribution in [0.1, 0.15) is 34.6 Å². The molecule has 0 bridgehead atoms. The van der Waals surface area contributed by atoms with E-state index >= 15 is 0 Å². The first-order chi connectivity index (χ1) is 15.8. The van der Waals surface area contributed by atoms with Gasteiger partial charge in [0.15, 0.2) is 23.2 Å². The van der Waals surface area contributed by atoms with Gasteiger partial charge in [0.25, 0.3) is 5.91 Å². The maximum atomic E-state index is 13.9. The van der Waals surface area contributed by atoms with E-state index in [1.54, 1.807) is 42.5 Å². The number of hydrogen-bond acceptors (Lipinski definition) is 6. The van der Waals surface area contributed by atoms with Crippen molar-refractivity contribution in [1.29, 1.82) is 0 Å². The summed E-state index contributed by atoms with van der Waals surface area (Å²) >= 11 is 0. The Morgan fingerprint density at radius 1 is 1.15 bits per heavy atom. The maximum absolute atomic E-state index is 13.9. The van der Waals surface area contributed by atoms with Gasteiger partial charge in [0.2, 0.25) is 6.79 Å². The van der Waals surface area contributed by atoms with Crippen molar-refractivity contribution in [1.82, 2.24) is 9.78 Å². The topological polar surface area (TPSA) is 86.6 Å².